The van der Waals surface area contributed by atoms with E-state index in [0.717, 1.165) is 6.54 Å². The van der Waals surface area contributed by atoms with Gasteiger partial charge in [0.25, 0.3) is 0 Å². The zero-order chi connectivity index (χ0) is 9.24. The summed E-state index contributed by atoms with van der Waals surface area (Å²) >= 11 is 0. The molecule has 1 N–H and O–H groups in total. The van der Waals surface area contributed by atoms with Crippen molar-refractivity contribution in [1.82, 2.24) is 5.32 Å². The fraction of sp³-hybridized carbons (Fsp3) is 1.00. The van der Waals surface area contributed by atoms with Crippen molar-refractivity contribution in [3.63, 3.8) is 0 Å². The first kappa shape index (κ1) is 10.0. The Morgan fingerprint density at radius 1 is 1.33 bits per heavy atom. The van der Waals surface area contributed by atoms with E-state index < -0.39 is 0 Å². The van der Waals surface area contributed by atoms with Crippen molar-refractivity contribution >= 4 is 0 Å². The Morgan fingerprint density at radius 2 is 1.92 bits per heavy atom. The van der Waals surface area contributed by atoms with Gasteiger partial charge in [0, 0.05) is 1.43 Å². The summed E-state index contributed by atoms with van der Waals surface area (Å²) in [6.45, 7) is 11.6. The molecular formula is C11H25N. The average Bonchev–Trinajstić information content (AvgIpc) is 2.60. The minimum atomic E-state index is 0. The fourth-order valence-corrected chi connectivity index (χ4v) is 1.32. The largest absolute Gasteiger partial charge is 0.316 e. The quantitative estimate of drug-likeness (QED) is 0.641. The summed E-state index contributed by atoms with van der Waals surface area (Å²) in [5.41, 5.74) is 1.15. The van der Waals surface area contributed by atoms with E-state index in [1.54, 1.807) is 0 Å². The molecule has 0 aliphatic heterocycles. The van der Waals surface area contributed by atoms with E-state index in [2.05, 4.69) is 33.0 Å². The van der Waals surface area contributed by atoms with Crippen molar-refractivity contribution in [3.8, 4) is 0 Å². The molecule has 1 saturated carbocycles. The summed E-state index contributed by atoms with van der Waals surface area (Å²) in [4.78, 5) is 0. The van der Waals surface area contributed by atoms with Crippen molar-refractivity contribution in [1.29, 1.82) is 0 Å². The van der Waals surface area contributed by atoms with E-state index in [4.69, 9.17) is 0 Å². The maximum atomic E-state index is 3.52. The van der Waals surface area contributed by atoms with Crippen LogP contribution in [0, 0.1) is 10.8 Å². The van der Waals surface area contributed by atoms with Crippen LogP contribution in [-0.2, 0) is 0 Å². The molecular weight excluding hydrogens is 146 g/mol. The molecule has 1 aliphatic carbocycles. The highest BCUT2D eigenvalue weighted by Crippen LogP contribution is 2.47. The second-order valence-corrected chi connectivity index (χ2v) is 5.80. The Balaban J connectivity index is 0.00000144. The Morgan fingerprint density at radius 3 is 2.33 bits per heavy atom. The first-order chi connectivity index (χ1) is 5.41. The molecule has 12 heavy (non-hydrogen) atoms. The number of nitrogens with one attached hydrogen (secondary N) is 1. The summed E-state index contributed by atoms with van der Waals surface area (Å²) in [6, 6.07) is 0. The third-order valence-electron chi connectivity index (χ3n) is 2.66. The molecule has 0 atom stereocenters. The molecule has 1 nitrogen and oxygen atoms in total. The highest BCUT2D eigenvalue weighted by atomic mass is 14.9. The highest BCUT2D eigenvalue weighted by molar-refractivity contribution is 4.88. The smallest absolute Gasteiger partial charge is 0 e. The first-order valence-electron chi connectivity index (χ1n) is 5.12. The van der Waals surface area contributed by atoms with Gasteiger partial charge in [-0.1, -0.05) is 27.7 Å². The molecule has 0 aromatic heterocycles. The molecule has 0 heterocycles. The minimum absolute atomic E-state index is 0. The van der Waals surface area contributed by atoms with E-state index in [0.29, 0.717) is 10.8 Å². The normalized spacial score (nSPS) is 21.0. The monoisotopic (exact) mass is 171 g/mol. The molecule has 0 amide bonds. The van der Waals surface area contributed by atoms with Crippen LogP contribution in [0.4, 0.5) is 0 Å². The Hall–Kier alpha value is -0.0400. The number of rotatable bonds is 4. The Bertz CT molecular complexity index is 137. The van der Waals surface area contributed by atoms with E-state index >= 15 is 0 Å². The molecule has 0 radical (unpaired) electrons. The van der Waals surface area contributed by atoms with Gasteiger partial charge in [0.1, 0.15) is 0 Å². The predicted molar refractivity (Wildman–Crippen MR) is 56.4 cm³/mol. The summed E-state index contributed by atoms with van der Waals surface area (Å²) in [7, 11) is 0. The van der Waals surface area contributed by atoms with Crippen LogP contribution >= 0.6 is 0 Å². The van der Waals surface area contributed by atoms with Crippen LogP contribution in [-0.4, -0.2) is 13.1 Å². The lowest BCUT2D eigenvalue weighted by atomic mass is 9.96. The van der Waals surface area contributed by atoms with Gasteiger partial charge in [-0.15, -0.1) is 0 Å². The molecule has 0 aromatic carbocycles. The highest BCUT2D eigenvalue weighted by Gasteiger charge is 2.36. The lowest BCUT2D eigenvalue weighted by Gasteiger charge is -2.19. The lowest BCUT2D eigenvalue weighted by Crippen LogP contribution is -2.28. The molecule has 1 rings (SSSR count). The van der Waals surface area contributed by atoms with Crippen molar-refractivity contribution < 1.29 is 1.43 Å². The molecule has 1 heteroatoms. The van der Waals surface area contributed by atoms with Gasteiger partial charge < -0.3 is 5.32 Å². The lowest BCUT2D eigenvalue weighted by molar-refractivity contribution is 0.366. The van der Waals surface area contributed by atoms with Crippen LogP contribution in [0.5, 0.6) is 0 Å². The van der Waals surface area contributed by atoms with Gasteiger partial charge in [0.2, 0.25) is 0 Å². The van der Waals surface area contributed by atoms with Gasteiger partial charge in [-0.2, -0.15) is 0 Å². The van der Waals surface area contributed by atoms with Crippen molar-refractivity contribution in [3.05, 3.63) is 0 Å². The standard InChI is InChI=1S/C11H23N.H2/c1-10(2,3)9-12-8-7-11(4)5-6-11;/h12H,5-9H2,1-4H3;1H. The van der Waals surface area contributed by atoms with Crippen LogP contribution in [0.1, 0.15) is 48.4 Å². The molecule has 0 aromatic rings. The zero-order valence-electron chi connectivity index (χ0n) is 9.04. The third kappa shape index (κ3) is 4.10. The van der Waals surface area contributed by atoms with Gasteiger partial charge in [-0.3, -0.25) is 0 Å². The van der Waals surface area contributed by atoms with Crippen molar-refractivity contribution in [2.24, 2.45) is 10.8 Å². The summed E-state index contributed by atoms with van der Waals surface area (Å²) in [5, 5.41) is 3.52. The van der Waals surface area contributed by atoms with E-state index in [1.807, 2.05) is 0 Å². The van der Waals surface area contributed by atoms with Crippen molar-refractivity contribution in [2.45, 2.75) is 47.0 Å². The second-order valence-electron chi connectivity index (χ2n) is 5.80. The van der Waals surface area contributed by atoms with E-state index in [1.165, 1.54) is 25.8 Å². The molecule has 1 aliphatic rings. The second kappa shape index (κ2) is 3.37. The Labute approximate surface area is 78.4 Å². The summed E-state index contributed by atoms with van der Waals surface area (Å²) in [6.07, 6.45) is 4.26. The topological polar surface area (TPSA) is 12.0 Å². The first-order valence-corrected chi connectivity index (χ1v) is 5.12. The number of hydrogen-bond acceptors (Lipinski definition) is 1. The summed E-state index contributed by atoms with van der Waals surface area (Å²) in [5.74, 6) is 0. The third-order valence-corrected chi connectivity index (χ3v) is 2.66. The van der Waals surface area contributed by atoms with Crippen LogP contribution < -0.4 is 5.32 Å². The number of hydrogen-bond donors (Lipinski definition) is 1. The predicted octanol–water partition coefficient (Wildman–Crippen LogP) is 3.06. The van der Waals surface area contributed by atoms with Crippen LogP contribution in [0.2, 0.25) is 0 Å². The molecule has 0 unspecified atom stereocenters. The average molecular weight is 171 g/mol. The van der Waals surface area contributed by atoms with Crippen molar-refractivity contribution in [2.75, 3.05) is 13.1 Å². The zero-order valence-corrected chi connectivity index (χ0v) is 9.04. The molecule has 0 spiro atoms. The van der Waals surface area contributed by atoms with E-state index in [9.17, 15) is 0 Å². The van der Waals surface area contributed by atoms with Gasteiger partial charge in [-0.05, 0) is 43.2 Å². The fourth-order valence-electron chi connectivity index (χ4n) is 1.32. The molecule has 74 valence electrons. The van der Waals surface area contributed by atoms with E-state index in [-0.39, 0.29) is 1.43 Å². The maximum absolute atomic E-state index is 3.52. The van der Waals surface area contributed by atoms with Gasteiger partial charge in [0.05, 0.1) is 0 Å². The van der Waals surface area contributed by atoms with Crippen LogP contribution in [0.25, 0.3) is 0 Å². The maximum Gasteiger partial charge on any atom is 0 e. The minimum Gasteiger partial charge on any atom is -0.316 e. The summed E-state index contributed by atoms with van der Waals surface area (Å²) < 4.78 is 0. The van der Waals surface area contributed by atoms with Crippen LogP contribution in [0.15, 0.2) is 0 Å². The van der Waals surface area contributed by atoms with Gasteiger partial charge in [-0.25, -0.2) is 0 Å². The molecule has 0 bridgehead atoms. The Kier molecular flexibility index (Phi) is 2.82. The van der Waals surface area contributed by atoms with Crippen LogP contribution in [0.3, 0.4) is 0 Å². The molecule has 0 saturated heterocycles. The SMILES string of the molecule is CC(C)(C)CNCCC1(C)CC1.[HH]. The molecule has 1 fully saturated rings. The van der Waals surface area contributed by atoms with Gasteiger partial charge >= 0.3 is 0 Å². The van der Waals surface area contributed by atoms with Gasteiger partial charge in [0.15, 0.2) is 0 Å².